The number of nitrogens with zero attached hydrogens (tertiary/aromatic N) is 2. The average Bonchev–Trinajstić information content (AvgIpc) is 2.92. The molecule has 1 aromatic heterocycles. The van der Waals surface area contributed by atoms with E-state index in [-0.39, 0.29) is 16.2 Å². The van der Waals surface area contributed by atoms with E-state index in [4.69, 9.17) is 11.6 Å². The van der Waals surface area contributed by atoms with Gasteiger partial charge in [0.05, 0.1) is 25.9 Å². The van der Waals surface area contributed by atoms with Crippen LogP contribution in [0.5, 0.6) is 0 Å². The van der Waals surface area contributed by atoms with E-state index in [1.807, 2.05) is 12.1 Å². The number of amides is 1. The van der Waals surface area contributed by atoms with Gasteiger partial charge in [0, 0.05) is 12.6 Å². The Bertz CT molecular complexity index is 1140. The summed E-state index contributed by atoms with van der Waals surface area (Å²) in [5, 5.41) is 0.584. The smallest absolute Gasteiger partial charge is 0.279 e. The second kappa shape index (κ2) is 6.74. The number of carbonyl (C=O) groups is 1. The Kier molecular flexibility index (Phi) is 4.81. The van der Waals surface area contributed by atoms with Crippen LogP contribution in [-0.2, 0) is 16.9 Å². The van der Waals surface area contributed by atoms with Crippen LogP contribution >= 0.6 is 22.9 Å². The summed E-state index contributed by atoms with van der Waals surface area (Å²) in [4.78, 5) is 17.3. The van der Waals surface area contributed by atoms with E-state index < -0.39 is 15.7 Å². The lowest BCUT2D eigenvalue weighted by molar-refractivity contribution is 0.0997. The fourth-order valence-electron chi connectivity index (χ4n) is 2.40. The Morgan fingerprint density at radius 3 is 2.64 bits per heavy atom. The van der Waals surface area contributed by atoms with Crippen molar-refractivity contribution in [2.75, 3.05) is 5.75 Å². The molecule has 0 saturated carbocycles. The summed E-state index contributed by atoms with van der Waals surface area (Å²) >= 11 is 7.56. The number of thiazole rings is 1. The van der Waals surface area contributed by atoms with E-state index in [2.05, 4.69) is 4.99 Å². The molecule has 25 heavy (non-hydrogen) atoms. The quantitative estimate of drug-likeness (QED) is 0.683. The first kappa shape index (κ1) is 17.8. The normalized spacial score (nSPS) is 12.7. The van der Waals surface area contributed by atoms with Crippen LogP contribution in [0.1, 0.15) is 17.3 Å². The van der Waals surface area contributed by atoms with Crippen LogP contribution in [0.15, 0.2) is 52.4 Å². The first-order valence-electron chi connectivity index (χ1n) is 7.49. The highest BCUT2D eigenvalue weighted by atomic mass is 35.5. The van der Waals surface area contributed by atoms with E-state index in [0.717, 1.165) is 10.2 Å². The molecule has 0 atom stereocenters. The summed E-state index contributed by atoms with van der Waals surface area (Å²) in [6, 6.07) is 11.5. The number of aryl methyl sites for hydroxylation is 1. The topological polar surface area (TPSA) is 68.5 Å². The highest BCUT2D eigenvalue weighted by molar-refractivity contribution is 7.91. The summed E-state index contributed by atoms with van der Waals surface area (Å²) in [7, 11) is -1.59. The van der Waals surface area contributed by atoms with Gasteiger partial charge in [0.1, 0.15) is 0 Å². The fraction of sp³-hybridized carbons (Fsp3) is 0.176. The summed E-state index contributed by atoms with van der Waals surface area (Å²) in [6.45, 7) is 1.56. The van der Waals surface area contributed by atoms with E-state index >= 15 is 0 Å². The Morgan fingerprint density at radius 1 is 1.24 bits per heavy atom. The van der Waals surface area contributed by atoms with Gasteiger partial charge in [0.2, 0.25) is 0 Å². The zero-order chi connectivity index (χ0) is 18.2. The van der Waals surface area contributed by atoms with Crippen molar-refractivity contribution in [2.45, 2.75) is 11.8 Å². The number of sulfone groups is 1. The van der Waals surface area contributed by atoms with Gasteiger partial charge in [-0.25, -0.2) is 8.42 Å². The van der Waals surface area contributed by atoms with Gasteiger partial charge >= 0.3 is 0 Å². The van der Waals surface area contributed by atoms with Gasteiger partial charge in [0.25, 0.3) is 5.91 Å². The molecule has 1 amide bonds. The molecule has 1 heterocycles. The minimum atomic E-state index is -3.38. The van der Waals surface area contributed by atoms with Crippen molar-refractivity contribution in [3.8, 4) is 0 Å². The standard InChI is InChI=1S/C17H15ClN2O3S2/c1-3-25(22,23)12-7-4-6-11(10-12)16(21)19-17-20(2)15-13(18)8-5-9-14(15)24-17/h4-10H,3H2,1-2H3. The molecule has 0 fully saturated rings. The van der Waals surface area contributed by atoms with Gasteiger partial charge in [-0.2, -0.15) is 4.99 Å². The van der Waals surface area contributed by atoms with Crippen LogP contribution in [0.3, 0.4) is 0 Å². The van der Waals surface area contributed by atoms with E-state index in [0.29, 0.717) is 9.82 Å². The van der Waals surface area contributed by atoms with E-state index in [9.17, 15) is 13.2 Å². The molecule has 0 aliphatic heterocycles. The maximum Gasteiger partial charge on any atom is 0.279 e. The Hall–Kier alpha value is -1.96. The van der Waals surface area contributed by atoms with Gasteiger partial charge < -0.3 is 4.57 Å². The van der Waals surface area contributed by atoms with Crippen molar-refractivity contribution in [1.82, 2.24) is 4.57 Å². The predicted molar refractivity (Wildman–Crippen MR) is 99.9 cm³/mol. The van der Waals surface area contributed by atoms with Crippen LogP contribution in [0.4, 0.5) is 0 Å². The zero-order valence-corrected chi connectivity index (χ0v) is 16.0. The number of benzene rings is 2. The number of fused-ring (bicyclic) bond motifs is 1. The molecule has 130 valence electrons. The number of para-hydroxylation sites is 1. The summed E-state index contributed by atoms with van der Waals surface area (Å²) in [5.74, 6) is -0.516. The van der Waals surface area contributed by atoms with Crippen molar-refractivity contribution in [3.05, 3.63) is 57.9 Å². The van der Waals surface area contributed by atoms with Gasteiger partial charge in [-0.05, 0) is 30.3 Å². The Balaban J connectivity index is 2.09. The first-order chi connectivity index (χ1) is 11.8. The maximum atomic E-state index is 12.5. The lowest BCUT2D eigenvalue weighted by Crippen LogP contribution is -2.13. The molecule has 0 unspecified atom stereocenters. The van der Waals surface area contributed by atoms with Gasteiger partial charge in [0.15, 0.2) is 14.6 Å². The lowest BCUT2D eigenvalue weighted by atomic mass is 10.2. The van der Waals surface area contributed by atoms with Crippen molar-refractivity contribution < 1.29 is 13.2 Å². The average molecular weight is 395 g/mol. The highest BCUT2D eigenvalue weighted by Gasteiger charge is 2.14. The number of rotatable bonds is 3. The van der Waals surface area contributed by atoms with Gasteiger partial charge in [-0.1, -0.05) is 42.0 Å². The lowest BCUT2D eigenvalue weighted by Gasteiger charge is -2.02. The number of aromatic nitrogens is 1. The molecule has 0 saturated heterocycles. The molecule has 8 heteroatoms. The van der Waals surface area contributed by atoms with Crippen LogP contribution in [0.25, 0.3) is 10.2 Å². The minimum absolute atomic E-state index is 0.0223. The molecule has 0 aliphatic rings. The zero-order valence-electron chi connectivity index (χ0n) is 13.6. The SMILES string of the molecule is CCS(=O)(=O)c1cccc(C(=O)N=c2sc3cccc(Cl)c3n2C)c1. The third-order valence-electron chi connectivity index (χ3n) is 3.79. The fourth-order valence-corrected chi connectivity index (χ4v) is 4.73. The van der Waals surface area contributed by atoms with Crippen LogP contribution < -0.4 is 4.80 Å². The molecule has 0 radical (unpaired) electrons. The Labute approximate surface area is 154 Å². The largest absolute Gasteiger partial charge is 0.318 e. The van der Waals surface area contributed by atoms with Crippen molar-refractivity contribution >= 4 is 48.9 Å². The molecule has 0 N–H and O–H groups in total. The Morgan fingerprint density at radius 2 is 1.96 bits per heavy atom. The molecule has 0 spiro atoms. The third-order valence-corrected chi connectivity index (χ3v) is 6.92. The second-order valence-electron chi connectivity index (χ2n) is 5.38. The van der Waals surface area contributed by atoms with Crippen LogP contribution in [0.2, 0.25) is 5.02 Å². The highest BCUT2D eigenvalue weighted by Crippen LogP contribution is 2.24. The summed E-state index contributed by atoms with van der Waals surface area (Å²) in [6.07, 6.45) is 0. The van der Waals surface area contributed by atoms with Crippen LogP contribution in [-0.4, -0.2) is 24.6 Å². The molecule has 0 bridgehead atoms. The number of hydrogen-bond donors (Lipinski definition) is 0. The van der Waals surface area contributed by atoms with Crippen LogP contribution in [0, 0.1) is 0 Å². The summed E-state index contributed by atoms with van der Waals surface area (Å²) < 4.78 is 26.6. The van der Waals surface area contributed by atoms with Gasteiger partial charge in [-0.3, -0.25) is 4.79 Å². The molecule has 5 nitrogen and oxygen atoms in total. The predicted octanol–water partition coefficient (Wildman–Crippen LogP) is 3.43. The summed E-state index contributed by atoms with van der Waals surface area (Å²) in [5.41, 5.74) is 1.04. The molecule has 3 rings (SSSR count). The molecule has 0 aliphatic carbocycles. The van der Waals surface area contributed by atoms with Crippen molar-refractivity contribution in [2.24, 2.45) is 12.0 Å². The first-order valence-corrected chi connectivity index (χ1v) is 10.3. The van der Waals surface area contributed by atoms with Gasteiger partial charge in [-0.15, -0.1) is 0 Å². The monoisotopic (exact) mass is 394 g/mol. The molecule has 3 aromatic rings. The maximum absolute atomic E-state index is 12.5. The number of hydrogen-bond acceptors (Lipinski definition) is 4. The molecular weight excluding hydrogens is 380 g/mol. The molecular formula is C17H15ClN2O3S2. The minimum Gasteiger partial charge on any atom is -0.318 e. The van der Waals surface area contributed by atoms with E-state index in [1.54, 1.807) is 36.7 Å². The second-order valence-corrected chi connectivity index (χ2v) is 9.07. The number of halogens is 1. The van der Waals surface area contributed by atoms with E-state index in [1.165, 1.54) is 23.5 Å². The van der Waals surface area contributed by atoms with Crippen molar-refractivity contribution in [3.63, 3.8) is 0 Å². The molecule has 2 aromatic carbocycles. The van der Waals surface area contributed by atoms with Crippen molar-refractivity contribution in [1.29, 1.82) is 0 Å². The third kappa shape index (κ3) is 3.40. The number of carbonyl (C=O) groups excluding carboxylic acids is 1.